The predicted octanol–water partition coefficient (Wildman–Crippen LogP) is 4.16. The van der Waals surface area contributed by atoms with Crippen molar-refractivity contribution in [1.82, 2.24) is 4.90 Å². The standard InChI is InChI=1S/C22H27ClN2O3/c1-4-21(28-19-9-10-20(23)16(2)15-19)22(26)25-13-11-24(12-14-25)17-5-7-18(27-3)8-6-17/h5-10,15,21H,4,11-14H2,1-3H3/t21-/m0/s1. The number of rotatable bonds is 6. The van der Waals surface area contributed by atoms with Gasteiger partial charge in [0, 0.05) is 36.9 Å². The average molecular weight is 403 g/mol. The van der Waals surface area contributed by atoms with Crippen LogP contribution in [0.3, 0.4) is 0 Å². The number of amides is 1. The van der Waals surface area contributed by atoms with Gasteiger partial charge in [0.15, 0.2) is 6.10 Å². The van der Waals surface area contributed by atoms with Crippen LogP contribution < -0.4 is 14.4 Å². The Morgan fingerprint density at radius 1 is 1.07 bits per heavy atom. The van der Waals surface area contributed by atoms with E-state index in [9.17, 15) is 4.79 Å². The number of methoxy groups -OCH3 is 1. The highest BCUT2D eigenvalue weighted by atomic mass is 35.5. The van der Waals surface area contributed by atoms with Gasteiger partial charge < -0.3 is 19.3 Å². The van der Waals surface area contributed by atoms with Crippen molar-refractivity contribution in [3.63, 3.8) is 0 Å². The summed E-state index contributed by atoms with van der Waals surface area (Å²) in [4.78, 5) is 17.1. The van der Waals surface area contributed by atoms with E-state index in [4.69, 9.17) is 21.1 Å². The Kier molecular flexibility index (Phi) is 6.68. The first kappa shape index (κ1) is 20.3. The van der Waals surface area contributed by atoms with E-state index in [1.165, 1.54) is 0 Å². The van der Waals surface area contributed by atoms with Crippen molar-refractivity contribution in [2.75, 3.05) is 38.2 Å². The molecule has 1 aliphatic rings. The molecule has 28 heavy (non-hydrogen) atoms. The smallest absolute Gasteiger partial charge is 0.263 e. The van der Waals surface area contributed by atoms with E-state index in [1.54, 1.807) is 13.2 Å². The number of benzene rings is 2. The predicted molar refractivity (Wildman–Crippen MR) is 113 cm³/mol. The van der Waals surface area contributed by atoms with Gasteiger partial charge in [-0.3, -0.25) is 4.79 Å². The van der Waals surface area contributed by atoms with Crippen molar-refractivity contribution in [3.05, 3.63) is 53.1 Å². The average Bonchev–Trinajstić information content (AvgIpc) is 2.74. The lowest BCUT2D eigenvalue weighted by Gasteiger charge is -2.37. The summed E-state index contributed by atoms with van der Waals surface area (Å²) in [5, 5.41) is 0.696. The second kappa shape index (κ2) is 9.20. The number of anilines is 1. The molecule has 1 atom stereocenters. The van der Waals surface area contributed by atoms with Gasteiger partial charge in [0.05, 0.1) is 7.11 Å². The minimum Gasteiger partial charge on any atom is -0.497 e. The van der Waals surface area contributed by atoms with Crippen LogP contribution in [0.5, 0.6) is 11.5 Å². The third kappa shape index (κ3) is 4.71. The largest absolute Gasteiger partial charge is 0.497 e. The second-order valence-electron chi connectivity index (χ2n) is 6.94. The summed E-state index contributed by atoms with van der Waals surface area (Å²) in [7, 11) is 1.66. The SMILES string of the molecule is CC[C@H](Oc1ccc(Cl)c(C)c1)C(=O)N1CCN(c2ccc(OC)cc2)CC1. The lowest BCUT2D eigenvalue weighted by molar-refractivity contribution is -0.139. The van der Waals surface area contributed by atoms with Crippen LogP contribution in [0.25, 0.3) is 0 Å². The Labute approximate surface area is 171 Å². The summed E-state index contributed by atoms with van der Waals surface area (Å²) in [6.07, 6.45) is 0.146. The van der Waals surface area contributed by atoms with E-state index < -0.39 is 6.10 Å². The zero-order valence-electron chi connectivity index (χ0n) is 16.7. The van der Waals surface area contributed by atoms with Crippen LogP contribution in [0.15, 0.2) is 42.5 Å². The number of aryl methyl sites for hydroxylation is 1. The molecule has 0 radical (unpaired) electrons. The fourth-order valence-electron chi connectivity index (χ4n) is 3.34. The number of ether oxygens (including phenoxy) is 2. The van der Waals surface area contributed by atoms with E-state index in [0.717, 1.165) is 30.1 Å². The molecule has 5 nitrogen and oxygen atoms in total. The van der Waals surface area contributed by atoms with Crippen molar-refractivity contribution in [2.45, 2.75) is 26.4 Å². The molecule has 0 aliphatic carbocycles. The molecule has 6 heteroatoms. The van der Waals surface area contributed by atoms with E-state index in [0.29, 0.717) is 30.3 Å². The quantitative estimate of drug-likeness (QED) is 0.727. The van der Waals surface area contributed by atoms with Crippen molar-refractivity contribution in [2.24, 2.45) is 0 Å². The fraction of sp³-hybridized carbons (Fsp3) is 0.409. The summed E-state index contributed by atoms with van der Waals surface area (Å²) in [5.74, 6) is 1.57. The highest BCUT2D eigenvalue weighted by molar-refractivity contribution is 6.31. The molecule has 1 amide bonds. The maximum Gasteiger partial charge on any atom is 0.263 e. The number of halogens is 1. The van der Waals surface area contributed by atoms with Crippen LogP contribution in [0.4, 0.5) is 5.69 Å². The van der Waals surface area contributed by atoms with Crippen LogP contribution in [-0.2, 0) is 4.79 Å². The number of carbonyl (C=O) groups is 1. The summed E-state index contributed by atoms with van der Waals surface area (Å²) in [6.45, 7) is 6.87. The van der Waals surface area contributed by atoms with Gasteiger partial charge in [-0.25, -0.2) is 0 Å². The third-order valence-electron chi connectivity index (χ3n) is 5.08. The van der Waals surface area contributed by atoms with Gasteiger partial charge in [-0.1, -0.05) is 18.5 Å². The highest BCUT2D eigenvalue weighted by Gasteiger charge is 2.28. The molecule has 1 saturated heterocycles. The summed E-state index contributed by atoms with van der Waals surface area (Å²) < 4.78 is 11.2. The molecule has 2 aromatic carbocycles. The van der Waals surface area contributed by atoms with Gasteiger partial charge in [0.2, 0.25) is 0 Å². The summed E-state index contributed by atoms with van der Waals surface area (Å²) >= 11 is 6.07. The van der Waals surface area contributed by atoms with Crippen LogP contribution in [0, 0.1) is 6.92 Å². The van der Waals surface area contributed by atoms with Gasteiger partial charge in [-0.05, 0) is 61.4 Å². The molecule has 0 N–H and O–H groups in total. The van der Waals surface area contributed by atoms with E-state index in [-0.39, 0.29) is 5.91 Å². The van der Waals surface area contributed by atoms with E-state index in [1.807, 2.05) is 43.0 Å². The van der Waals surface area contributed by atoms with Gasteiger partial charge in [0.1, 0.15) is 11.5 Å². The van der Waals surface area contributed by atoms with Crippen molar-refractivity contribution in [3.8, 4) is 11.5 Å². The lowest BCUT2D eigenvalue weighted by atomic mass is 10.2. The molecule has 150 valence electrons. The molecule has 0 bridgehead atoms. The molecule has 0 spiro atoms. The lowest BCUT2D eigenvalue weighted by Crippen LogP contribution is -2.52. The zero-order valence-corrected chi connectivity index (χ0v) is 17.4. The topological polar surface area (TPSA) is 42.0 Å². The molecule has 3 rings (SSSR count). The Morgan fingerprint density at radius 3 is 2.29 bits per heavy atom. The van der Waals surface area contributed by atoms with Crippen LogP contribution in [0.1, 0.15) is 18.9 Å². The van der Waals surface area contributed by atoms with Gasteiger partial charge in [-0.15, -0.1) is 0 Å². The molecule has 0 aromatic heterocycles. The number of carbonyl (C=O) groups excluding carboxylic acids is 1. The molecule has 0 saturated carbocycles. The first-order valence-electron chi connectivity index (χ1n) is 9.62. The normalized spacial score (nSPS) is 15.3. The molecule has 1 aliphatic heterocycles. The zero-order chi connectivity index (χ0) is 20.1. The first-order valence-corrected chi connectivity index (χ1v) is 10.00. The van der Waals surface area contributed by atoms with Crippen molar-refractivity contribution in [1.29, 1.82) is 0 Å². The molecule has 0 unspecified atom stereocenters. The Morgan fingerprint density at radius 2 is 1.71 bits per heavy atom. The molecular formula is C22H27ClN2O3. The Balaban J connectivity index is 1.58. The van der Waals surface area contributed by atoms with E-state index in [2.05, 4.69) is 17.0 Å². The van der Waals surface area contributed by atoms with Crippen LogP contribution >= 0.6 is 11.6 Å². The number of nitrogens with zero attached hydrogens (tertiary/aromatic N) is 2. The molecular weight excluding hydrogens is 376 g/mol. The first-order chi connectivity index (χ1) is 13.5. The fourth-order valence-corrected chi connectivity index (χ4v) is 3.46. The van der Waals surface area contributed by atoms with E-state index >= 15 is 0 Å². The molecule has 1 heterocycles. The number of hydrogen-bond acceptors (Lipinski definition) is 4. The number of piperazine rings is 1. The van der Waals surface area contributed by atoms with Gasteiger partial charge in [0.25, 0.3) is 5.91 Å². The Bertz CT molecular complexity index is 802. The Hall–Kier alpha value is -2.40. The summed E-state index contributed by atoms with van der Waals surface area (Å²) in [5.41, 5.74) is 2.09. The van der Waals surface area contributed by atoms with Gasteiger partial charge >= 0.3 is 0 Å². The molecule has 1 fully saturated rings. The van der Waals surface area contributed by atoms with Crippen LogP contribution in [-0.4, -0.2) is 50.2 Å². The second-order valence-corrected chi connectivity index (χ2v) is 7.34. The van der Waals surface area contributed by atoms with Crippen molar-refractivity contribution >= 4 is 23.2 Å². The van der Waals surface area contributed by atoms with Crippen LogP contribution in [0.2, 0.25) is 5.02 Å². The monoisotopic (exact) mass is 402 g/mol. The molecule has 2 aromatic rings. The van der Waals surface area contributed by atoms with Crippen molar-refractivity contribution < 1.29 is 14.3 Å². The number of hydrogen-bond donors (Lipinski definition) is 0. The minimum absolute atomic E-state index is 0.0458. The minimum atomic E-state index is -0.479. The highest BCUT2D eigenvalue weighted by Crippen LogP contribution is 2.24. The van der Waals surface area contributed by atoms with Gasteiger partial charge in [-0.2, -0.15) is 0 Å². The summed E-state index contributed by atoms with van der Waals surface area (Å²) in [6, 6.07) is 13.5. The third-order valence-corrected chi connectivity index (χ3v) is 5.51. The maximum absolute atomic E-state index is 13.0. The maximum atomic E-state index is 13.0.